The maximum Gasteiger partial charge on any atom is 0.226 e. The third kappa shape index (κ3) is 13.9. The summed E-state index contributed by atoms with van der Waals surface area (Å²) in [5.41, 5.74) is 0.861. The zero-order chi connectivity index (χ0) is 24.3. The number of carbonyl (C=O) groups excluding carboxylic acids is 1. The van der Waals surface area contributed by atoms with Crippen LogP contribution < -0.4 is 15.4 Å². The van der Waals surface area contributed by atoms with Crippen molar-refractivity contribution in [3.05, 3.63) is 24.3 Å². The first-order valence-electron chi connectivity index (χ1n) is 14.0. The summed E-state index contributed by atoms with van der Waals surface area (Å²) >= 11 is 5.30. The normalized spacial score (nSPS) is 14.0. The lowest BCUT2D eigenvalue weighted by Crippen LogP contribution is -2.33. The zero-order valence-electron chi connectivity index (χ0n) is 21.5. The summed E-state index contributed by atoms with van der Waals surface area (Å²) in [6.45, 7) is 3.04. The van der Waals surface area contributed by atoms with Crippen molar-refractivity contribution in [1.82, 2.24) is 5.32 Å². The highest BCUT2D eigenvalue weighted by Gasteiger charge is 2.13. The van der Waals surface area contributed by atoms with Gasteiger partial charge in [0.25, 0.3) is 0 Å². The monoisotopic (exact) mass is 488 g/mol. The third-order valence-electron chi connectivity index (χ3n) is 6.89. The van der Waals surface area contributed by atoms with Gasteiger partial charge in [0.15, 0.2) is 5.11 Å². The Balaban J connectivity index is 1.47. The van der Waals surface area contributed by atoms with Crippen molar-refractivity contribution in [3.8, 4) is 5.75 Å². The average molecular weight is 489 g/mol. The number of nitrogens with one attached hydrogen (secondary N) is 2. The van der Waals surface area contributed by atoms with Crippen molar-refractivity contribution >= 4 is 28.9 Å². The summed E-state index contributed by atoms with van der Waals surface area (Å²) in [7, 11) is 0. The molecule has 2 rings (SSSR count). The Kier molecular flexibility index (Phi) is 15.7. The number of hydrogen-bond acceptors (Lipinski definition) is 3. The molecule has 0 aromatic heterocycles. The number of anilines is 1. The van der Waals surface area contributed by atoms with Crippen LogP contribution in [0.5, 0.6) is 5.75 Å². The highest BCUT2D eigenvalue weighted by Crippen LogP contribution is 2.26. The molecular weight excluding hydrogens is 440 g/mol. The standard InChI is InChI=1S/C29H48N2O2S/c1-2-3-4-5-6-7-8-9-10-11-15-18-28(32)31-29(34)30-26-19-21-27(22-20-26)33-24-23-25-16-13-12-14-17-25/h19-22,25H,2-18,23-24H2,1H3,(H2,30,31,32,34). The number of rotatable bonds is 17. The lowest BCUT2D eigenvalue weighted by molar-refractivity contribution is -0.119. The van der Waals surface area contributed by atoms with Gasteiger partial charge >= 0.3 is 0 Å². The summed E-state index contributed by atoms with van der Waals surface area (Å²) < 4.78 is 5.91. The molecule has 192 valence electrons. The molecule has 0 unspecified atom stereocenters. The van der Waals surface area contributed by atoms with Crippen LogP contribution in [0, 0.1) is 5.92 Å². The van der Waals surface area contributed by atoms with Crippen molar-refractivity contribution in [3.63, 3.8) is 0 Å². The second kappa shape index (κ2) is 18.7. The fraction of sp³-hybridized carbons (Fsp3) is 0.724. The highest BCUT2D eigenvalue weighted by molar-refractivity contribution is 7.80. The predicted octanol–water partition coefficient (Wildman–Crippen LogP) is 8.55. The minimum Gasteiger partial charge on any atom is -0.494 e. The Morgan fingerprint density at radius 1 is 0.882 bits per heavy atom. The van der Waals surface area contributed by atoms with E-state index in [1.165, 1.54) is 89.9 Å². The molecule has 0 radical (unpaired) electrons. The number of benzene rings is 1. The fourth-order valence-corrected chi connectivity index (χ4v) is 4.99. The van der Waals surface area contributed by atoms with Crippen LogP contribution in [0.15, 0.2) is 24.3 Å². The van der Waals surface area contributed by atoms with Crippen molar-refractivity contribution in [2.24, 2.45) is 5.92 Å². The zero-order valence-corrected chi connectivity index (χ0v) is 22.4. The molecule has 1 fully saturated rings. The molecule has 0 aliphatic heterocycles. The number of hydrogen-bond donors (Lipinski definition) is 2. The maximum absolute atomic E-state index is 12.1. The first kappa shape index (κ1) is 28.6. The molecule has 5 heteroatoms. The number of carbonyl (C=O) groups is 1. The van der Waals surface area contributed by atoms with E-state index in [1.807, 2.05) is 24.3 Å². The molecule has 1 aromatic carbocycles. The third-order valence-corrected chi connectivity index (χ3v) is 7.10. The summed E-state index contributed by atoms with van der Waals surface area (Å²) in [5.74, 6) is 1.71. The topological polar surface area (TPSA) is 50.4 Å². The van der Waals surface area contributed by atoms with Gasteiger partial charge in [0.1, 0.15) is 5.75 Å². The van der Waals surface area contributed by atoms with Crippen molar-refractivity contribution in [2.45, 2.75) is 122 Å². The molecule has 2 N–H and O–H groups in total. The van der Waals surface area contributed by atoms with Gasteiger partial charge in [-0.3, -0.25) is 4.79 Å². The largest absolute Gasteiger partial charge is 0.494 e. The van der Waals surface area contributed by atoms with Gasteiger partial charge in [-0.1, -0.05) is 103 Å². The van der Waals surface area contributed by atoms with E-state index in [0.717, 1.165) is 43.2 Å². The van der Waals surface area contributed by atoms with Crippen LogP contribution in [0.4, 0.5) is 5.69 Å². The minimum absolute atomic E-state index is 0.00362. The Morgan fingerprint density at radius 3 is 2.09 bits per heavy atom. The molecule has 0 saturated heterocycles. The van der Waals surface area contributed by atoms with Crippen LogP contribution in [-0.4, -0.2) is 17.6 Å². The van der Waals surface area contributed by atoms with E-state index in [2.05, 4.69) is 17.6 Å². The summed E-state index contributed by atoms with van der Waals surface area (Å²) in [6, 6.07) is 7.80. The van der Waals surface area contributed by atoms with Gasteiger partial charge in [-0.25, -0.2) is 0 Å². The SMILES string of the molecule is CCCCCCCCCCCCCC(=O)NC(=S)Nc1ccc(OCCC2CCCCC2)cc1. The van der Waals surface area contributed by atoms with Gasteiger partial charge in [-0.15, -0.1) is 0 Å². The summed E-state index contributed by atoms with van der Waals surface area (Å²) in [4.78, 5) is 12.1. The van der Waals surface area contributed by atoms with Gasteiger partial charge in [0.2, 0.25) is 5.91 Å². The molecule has 0 heterocycles. The number of thiocarbonyl (C=S) groups is 1. The number of unbranched alkanes of at least 4 members (excludes halogenated alkanes) is 10. The summed E-state index contributed by atoms with van der Waals surface area (Å²) in [5, 5.41) is 6.25. The molecule has 0 atom stereocenters. The van der Waals surface area contributed by atoms with Gasteiger partial charge in [0.05, 0.1) is 6.61 Å². The number of ether oxygens (including phenoxy) is 1. The molecule has 34 heavy (non-hydrogen) atoms. The van der Waals surface area contributed by atoms with Gasteiger partial charge < -0.3 is 15.4 Å². The molecule has 1 saturated carbocycles. The summed E-state index contributed by atoms with van der Waals surface area (Å²) in [6.07, 6.45) is 22.6. The molecule has 1 aromatic rings. The van der Waals surface area contributed by atoms with Crippen LogP contribution in [0.25, 0.3) is 0 Å². The van der Waals surface area contributed by atoms with Crippen LogP contribution >= 0.6 is 12.2 Å². The van der Waals surface area contributed by atoms with Crippen molar-refractivity contribution in [2.75, 3.05) is 11.9 Å². The van der Waals surface area contributed by atoms with E-state index in [4.69, 9.17) is 17.0 Å². The quantitative estimate of drug-likeness (QED) is 0.170. The second-order valence-corrected chi connectivity index (χ2v) is 10.4. The van der Waals surface area contributed by atoms with Gasteiger partial charge in [-0.2, -0.15) is 0 Å². The van der Waals surface area contributed by atoms with Gasteiger partial charge in [0, 0.05) is 12.1 Å². The number of amides is 1. The van der Waals surface area contributed by atoms with E-state index in [-0.39, 0.29) is 5.91 Å². The molecular formula is C29H48N2O2S. The Bertz CT molecular complexity index is 671. The lowest BCUT2D eigenvalue weighted by Gasteiger charge is -2.21. The van der Waals surface area contributed by atoms with Crippen molar-refractivity contribution < 1.29 is 9.53 Å². The Hall–Kier alpha value is -1.62. The molecule has 0 spiro atoms. The van der Waals surface area contributed by atoms with E-state index < -0.39 is 0 Å². The molecule has 0 bridgehead atoms. The van der Waals surface area contributed by atoms with Crippen LogP contribution in [0.2, 0.25) is 0 Å². The van der Waals surface area contributed by atoms with E-state index in [1.54, 1.807) is 0 Å². The van der Waals surface area contributed by atoms with E-state index in [9.17, 15) is 4.79 Å². The second-order valence-electron chi connectivity index (χ2n) is 9.95. The Labute approximate surface area is 214 Å². The van der Waals surface area contributed by atoms with E-state index in [0.29, 0.717) is 11.5 Å². The molecule has 1 amide bonds. The minimum atomic E-state index is -0.00362. The lowest BCUT2D eigenvalue weighted by atomic mass is 9.87. The maximum atomic E-state index is 12.1. The van der Waals surface area contributed by atoms with Crippen molar-refractivity contribution in [1.29, 1.82) is 0 Å². The highest BCUT2D eigenvalue weighted by atomic mass is 32.1. The Morgan fingerprint density at radius 2 is 1.47 bits per heavy atom. The predicted molar refractivity (Wildman–Crippen MR) is 149 cm³/mol. The van der Waals surface area contributed by atoms with Crippen LogP contribution in [-0.2, 0) is 4.79 Å². The molecule has 1 aliphatic rings. The smallest absolute Gasteiger partial charge is 0.226 e. The molecule has 4 nitrogen and oxygen atoms in total. The first-order chi connectivity index (χ1) is 16.7. The van der Waals surface area contributed by atoms with Crippen LogP contribution in [0.1, 0.15) is 122 Å². The fourth-order valence-electron chi connectivity index (χ4n) is 4.75. The molecule has 1 aliphatic carbocycles. The van der Waals surface area contributed by atoms with Crippen LogP contribution in [0.3, 0.4) is 0 Å². The average Bonchev–Trinajstić information content (AvgIpc) is 2.84. The first-order valence-corrected chi connectivity index (χ1v) is 14.4. The van der Waals surface area contributed by atoms with Gasteiger partial charge in [-0.05, 0) is 55.2 Å². The van der Waals surface area contributed by atoms with E-state index >= 15 is 0 Å².